The maximum atomic E-state index is 11.0. The Bertz CT molecular complexity index is 229. The van der Waals surface area contributed by atoms with E-state index in [0.717, 1.165) is 30.6 Å². The molecule has 2 rings (SSSR count). The van der Waals surface area contributed by atoms with Crippen LogP contribution in [0.15, 0.2) is 11.3 Å². The van der Waals surface area contributed by atoms with Crippen molar-refractivity contribution < 1.29 is 14.3 Å². The number of epoxide rings is 1. The minimum absolute atomic E-state index is 0.220. The number of hydrogen-bond acceptors (Lipinski definition) is 3. The van der Waals surface area contributed by atoms with E-state index in [1.807, 2.05) is 0 Å². The van der Waals surface area contributed by atoms with Crippen LogP contribution in [0, 0.1) is 0 Å². The van der Waals surface area contributed by atoms with Gasteiger partial charge in [0, 0.05) is 0 Å². The van der Waals surface area contributed by atoms with Crippen LogP contribution >= 0.6 is 0 Å². The Balaban J connectivity index is 2.18. The SMILES string of the molecule is COC(=O)C1=C2O[C@@H]2CCC1. The second-order valence-corrected chi connectivity index (χ2v) is 2.83. The van der Waals surface area contributed by atoms with Gasteiger partial charge in [0.25, 0.3) is 0 Å². The highest BCUT2D eigenvalue weighted by molar-refractivity contribution is 5.89. The maximum Gasteiger partial charge on any atom is 0.337 e. The minimum atomic E-state index is -0.220. The molecule has 2 aliphatic rings. The average molecular weight is 154 g/mol. The van der Waals surface area contributed by atoms with Crippen LogP contribution in [0.25, 0.3) is 0 Å². The average Bonchev–Trinajstić information content (AvgIpc) is 2.80. The third kappa shape index (κ3) is 1.00. The maximum absolute atomic E-state index is 11.0. The van der Waals surface area contributed by atoms with Crippen LogP contribution < -0.4 is 0 Å². The van der Waals surface area contributed by atoms with E-state index in [-0.39, 0.29) is 12.1 Å². The molecule has 1 aliphatic heterocycles. The van der Waals surface area contributed by atoms with Gasteiger partial charge in [-0.3, -0.25) is 0 Å². The van der Waals surface area contributed by atoms with Crippen molar-refractivity contribution in [2.24, 2.45) is 0 Å². The smallest absolute Gasteiger partial charge is 0.337 e. The highest BCUT2D eigenvalue weighted by Crippen LogP contribution is 2.40. The fourth-order valence-electron chi connectivity index (χ4n) is 1.49. The van der Waals surface area contributed by atoms with E-state index in [1.54, 1.807) is 0 Å². The number of carbonyl (C=O) groups excluding carboxylic acids is 1. The van der Waals surface area contributed by atoms with Crippen molar-refractivity contribution in [3.8, 4) is 0 Å². The third-order valence-electron chi connectivity index (χ3n) is 2.13. The number of hydrogen-bond donors (Lipinski definition) is 0. The number of esters is 1. The summed E-state index contributed by atoms with van der Waals surface area (Å²) in [4.78, 5) is 11.0. The van der Waals surface area contributed by atoms with Gasteiger partial charge in [-0.15, -0.1) is 0 Å². The lowest BCUT2D eigenvalue weighted by Gasteiger charge is -2.04. The number of ether oxygens (including phenoxy) is 2. The monoisotopic (exact) mass is 154 g/mol. The van der Waals surface area contributed by atoms with Crippen molar-refractivity contribution in [2.45, 2.75) is 25.4 Å². The molecular formula is C8H10O3. The highest BCUT2D eigenvalue weighted by Gasteiger charge is 2.41. The second kappa shape index (κ2) is 2.26. The molecule has 0 aromatic carbocycles. The van der Waals surface area contributed by atoms with E-state index in [2.05, 4.69) is 4.74 Å². The Kier molecular flexibility index (Phi) is 1.37. The summed E-state index contributed by atoms with van der Waals surface area (Å²) in [5, 5.41) is 0. The summed E-state index contributed by atoms with van der Waals surface area (Å²) >= 11 is 0. The molecule has 0 saturated carbocycles. The van der Waals surface area contributed by atoms with Crippen LogP contribution in [0.5, 0.6) is 0 Å². The number of carbonyl (C=O) groups is 1. The standard InChI is InChI=1S/C8H10O3/c1-10-8(9)5-3-2-4-6-7(5)11-6/h6H,2-4H2,1H3/t6-/m1/s1. The van der Waals surface area contributed by atoms with Gasteiger partial charge in [-0.05, 0) is 19.3 Å². The Morgan fingerprint density at radius 1 is 1.73 bits per heavy atom. The van der Waals surface area contributed by atoms with Gasteiger partial charge in [-0.1, -0.05) is 0 Å². The summed E-state index contributed by atoms with van der Waals surface area (Å²) in [6.45, 7) is 0. The van der Waals surface area contributed by atoms with Crippen LogP contribution in [0.3, 0.4) is 0 Å². The van der Waals surface area contributed by atoms with Crippen LogP contribution in [0.1, 0.15) is 19.3 Å². The Morgan fingerprint density at radius 2 is 2.55 bits per heavy atom. The van der Waals surface area contributed by atoms with Crippen molar-refractivity contribution in [3.63, 3.8) is 0 Å². The molecule has 1 atom stereocenters. The predicted molar refractivity (Wildman–Crippen MR) is 37.8 cm³/mol. The third-order valence-corrected chi connectivity index (χ3v) is 2.13. The lowest BCUT2D eigenvalue weighted by molar-refractivity contribution is -0.136. The van der Waals surface area contributed by atoms with Crippen LogP contribution in [0.2, 0.25) is 0 Å². The summed E-state index contributed by atoms with van der Waals surface area (Å²) in [5.41, 5.74) is 0.753. The minimum Gasteiger partial charge on any atom is -0.482 e. The Labute approximate surface area is 65.0 Å². The van der Waals surface area contributed by atoms with E-state index in [4.69, 9.17) is 4.74 Å². The normalized spacial score (nSPS) is 27.2. The summed E-state index contributed by atoms with van der Waals surface area (Å²) in [6, 6.07) is 0. The zero-order valence-electron chi connectivity index (χ0n) is 6.42. The first kappa shape index (κ1) is 6.70. The molecule has 11 heavy (non-hydrogen) atoms. The van der Waals surface area contributed by atoms with Crippen molar-refractivity contribution in [1.29, 1.82) is 0 Å². The largest absolute Gasteiger partial charge is 0.482 e. The van der Waals surface area contributed by atoms with Crippen molar-refractivity contribution >= 4 is 5.97 Å². The molecule has 1 heterocycles. The summed E-state index contributed by atoms with van der Waals surface area (Å²) in [6.07, 6.45) is 3.17. The molecule has 0 radical (unpaired) electrons. The zero-order valence-corrected chi connectivity index (χ0v) is 6.42. The molecule has 1 saturated heterocycles. The fourth-order valence-corrected chi connectivity index (χ4v) is 1.49. The molecule has 3 heteroatoms. The molecule has 0 bridgehead atoms. The highest BCUT2D eigenvalue weighted by atomic mass is 16.6. The molecule has 0 aromatic heterocycles. The van der Waals surface area contributed by atoms with Gasteiger partial charge in [0.2, 0.25) is 0 Å². The van der Waals surface area contributed by atoms with Gasteiger partial charge < -0.3 is 9.47 Å². The lowest BCUT2D eigenvalue weighted by Crippen LogP contribution is -2.08. The zero-order chi connectivity index (χ0) is 7.84. The quantitative estimate of drug-likeness (QED) is 0.417. The van der Waals surface area contributed by atoms with Crippen LogP contribution in [-0.2, 0) is 14.3 Å². The van der Waals surface area contributed by atoms with E-state index in [9.17, 15) is 4.79 Å². The first-order valence-corrected chi connectivity index (χ1v) is 3.81. The van der Waals surface area contributed by atoms with E-state index >= 15 is 0 Å². The van der Waals surface area contributed by atoms with Gasteiger partial charge in [-0.2, -0.15) is 0 Å². The van der Waals surface area contributed by atoms with Gasteiger partial charge in [0.1, 0.15) is 5.76 Å². The number of methoxy groups -OCH3 is 1. The summed E-state index contributed by atoms with van der Waals surface area (Å²) in [7, 11) is 1.40. The number of fused-ring (bicyclic) bond motifs is 1. The number of rotatable bonds is 1. The van der Waals surface area contributed by atoms with Gasteiger partial charge >= 0.3 is 5.97 Å². The fraction of sp³-hybridized carbons (Fsp3) is 0.625. The molecule has 0 spiro atoms. The van der Waals surface area contributed by atoms with E-state index in [1.165, 1.54) is 7.11 Å². The molecule has 1 fully saturated rings. The topological polar surface area (TPSA) is 38.8 Å². The van der Waals surface area contributed by atoms with Crippen LogP contribution in [0.4, 0.5) is 0 Å². The van der Waals surface area contributed by atoms with Crippen molar-refractivity contribution in [3.05, 3.63) is 11.3 Å². The van der Waals surface area contributed by atoms with Gasteiger partial charge in [-0.25, -0.2) is 4.79 Å². The van der Waals surface area contributed by atoms with Crippen LogP contribution in [-0.4, -0.2) is 19.2 Å². The Morgan fingerprint density at radius 3 is 3.27 bits per heavy atom. The summed E-state index contributed by atoms with van der Waals surface area (Å²) < 4.78 is 9.80. The van der Waals surface area contributed by atoms with E-state index < -0.39 is 0 Å². The molecule has 1 aliphatic carbocycles. The molecule has 0 N–H and O–H groups in total. The predicted octanol–water partition coefficient (Wildman–Crippen LogP) is 0.996. The molecular weight excluding hydrogens is 144 g/mol. The molecule has 0 aromatic rings. The molecule has 0 amide bonds. The van der Waals surface area contributed by atoms with Gasteiger partial charge in [0.15, 0.2) is 6.10 Å². The van der Waals surface area contributed by atoms with Crippen molar-refractivity contribution in [2.75, 3.05) is 7.11 Å². The second-order valence-electron chi connectivity index (χ2n) is 2.83. The molecule has 3 nitrogen and oxygen atoms in total. The van der Waals surface area contributed by atoms with Gasteiger partial charge in [0.05, 0.1) is 12.7 Å². The van der Waals surface area contributed by atoms with E-state index in [0.29, 0.717) is 0 Å². The van der Waals surface area contributed by atoms with Crippen molar-refractivity contribution in [1.82, 2.24) is 0 Å². The molecule has 0 unspecified atom stereocenters. The first-order valence-electron chi connectivity index (χ1n) is 3.81. The first-order chi connectivity index (χ1) is 5.33. The lowest BCUT2D eigenvalue weighted by atomic mass is 10.00. The summed E-state index contributed by atoms with van der Waals surface area (Å²) in [5.74, 6) is 0.658. The Hall–Kier alpha value is -0.990. The molecule has 60 valence electrons.